The molecule has 3 aromatic rings. The number of aryl methyl sites for hydroxylation is 1. The summed E-state index contributed by atoms with van der Waals surface area (Å²) in [5, 5.41) is 14.7. The normalized spacial score (nSPS) is 11.1. The van der Waals surface area contributed by atoms with E-state index in [0.29, 0.717) is 23.6 Å². The predicted molar refractivity (Wildman–Crippen MR) is 97.3 cm³/mol. The Kier molecular flexibility index (Phi) is 4.70. The van der Waals surface area contributed by atoms with Crippen LogP contribution in [-0.4, -0.2) is 28.4 Å². The molecule has 0 aliphatic carbocycles. The summed E-state index contributed by atoms with van der Waals surface area (Å²) < 4.78 is 7.15. The van der Waals surface area contributed by atoms with Crippen molar-refractivity contribution in [3.63, 3.8) is 0 Å². The molecule has 6 nitrogen and oxygen atoms in total. The van der Waals surface area contributed by atoms with Crippen LogP contribution in [-0.2, 0) is 7.05 Å². The number of rotatable bonds is 5. The molecule has 0 saturated carbocycles. The molecule has 128 valence electrons. The van der Waals surface area contributed by atoms with E-state index in [9.17, 15) is 9.90 Å². The van der Waals surface area contributed by atoms with Crippen LogP contribution in [0.1, 0.15) is 23.0 Å². The first-order valence-electron chi connectivity index (χ1n) is 7.94. The van der Waals surface area contributed by atoms with Crippen molar-refractivity contribution < 1.29 is 14.6 Å². The van der Waals surface area contributed by atoms with Crippen LogP contribution in [0.2, 0.25) is 0 Å². The number of hydrogen-bond acceptors (Lipinski definition) is 4. The van der Waals surface area contributed by atoms with Crippen molar-refractivity contribution in [2.75, 3.05) is 6.61 Å². The standard InChI is InChI=1S/C19H19N3O3/c1-3-25-18-10-13(8-9-17(18)23)12-20-21-19(24)16-11-14-6-4-5-7-15(14)22(16)2/h4-12,23H,3H2,1-2H3,(H,21,24)/b20-12+. The topological polar surface area (TPSA) is 75.8 Å². The van der Waals surface area contributed by atoms with Gasteiger partial charge in [-0.15, -0.1) is 0 Å². The zero-order chi connectivity index (χ0) is 17.8. The van der Waals surface area contributed by atoms with Crippen LogP contribution >= 0.6 is 0 Å². The number of nitrogens with zero attached hydrogens (tertiary/aromatic N) is 2. The van der Waals surface area contributed by atoms with Crippen LogP contribution in [0, 0.1) is 0 Å². The fraction of sp³-hybridized carbons (Fsp3) is 0.158. The van der Waals surface area contributed by atoms with Gasteiger partial charge in [0.05, 0.1) is 12.8 Å². The van der Waals surface area contributed by atoms with Crippen LogP contribution in [0.3, 0.4) is 0 Å². The molecule has 0 atom stereocenters. The smallest absolute Gasteiger partial charge is 0.287 e. The highest BCUT2D eigenvalue weighted by Gasteiger charge is 2.12. The summed E-state index contributed by atoms with van der Waals surface area (Å²) in [6.45, 7) is 2.29. The second-order valence-electron chi connectivity index (χ2n) is 5.51. The first-order valence-corrected chi connectivity index (χ1v) is 7.94. The van der Waals surface area contributed by atoms with Gasteiger partial charge in [0.2, 0.25) is 0 Å². The molecule has 0 aliphatic heterocycles. The van der Waals surface area contributed by atoms with E-state index in [4.69, 9.17) is 4.74 Å². The molecule has 1 aromatic heterocycles. The van der Waals surface area contributed by atoms with Crippen molar-refractivity contribution >= 4 is 23.0 Å². The molecule has 0 saturated heterocycles. The van der Waals surface area contributed by atoms with Crippen LogP contribution in [0.25, 0.3) is 10.9 Å². The maximum atomic E-state index is 12.3. The molecule has 0 aliphatic rings. The van der Waals surface area contributed by atoms with Gasteiger partial charge in [-0.25, -0.2) is 5.43 Å². The number of phenolic OH excluding ortho intramolecular Hbond substituents is 1. The minimum absolute atomic E-state index is 0.0681. The Balaban J connectivity index is 1.74. The minimum atomic E-state index is -0.293. The Labute approximate surface area is 145 Å². The van der Waals surface area contributed by atoms with E-state index >= 15 is 0 Å². The molecule has 2 N–H and O–H groups in total. The Morgan fingerprint density at radius 1 is 1.28 bits per heavy atom. The van der Waals surface area contributed by atoms with Gasteiger partial charge >= 0.3 is 0 Å². The number of nitrogens with one attached hydrogen (secondary N) is 1. The van der Waals surface area contributed by atoms with Crippen molar-refractivity contribution in [2.45, 2.75) is 6.92 Å². The lowest BCUT2D eigenvalue weighted by atomic mass is 10.2. The molecule has 1 heterocycles. The summed E-state index contributed by atoms with van der Waals surface area (Å²) in [6, 6.07) is 14.5. The fourth-order valence-electron chi connectivity index (χ4n) is 2.61. The maximum absolute atomic E-state index is 12.3. The van der Waals surface area contributed by atoms with Gasteiger partial charge in [0.25, 0.3) is 5.91 Å². The predicted octanol–water partition coefficient (Wildman–Crippen LogP) is 3.05. The van der Waals surface area contributed by atoms with Gasteiger partial charge in [-0.1, -0.05) is 18.2 Å². The van der Waals surface area contributed by atoms with E-state index in [0.717, 1.165) is 10.9 Å². The van der Waals surface area contributed by atoms with Gasteiger partial charge in [-0.2, -0.15) is 5.10 Å². The summed E-state index contributed by atoms with van der Waals surface area (Å²) in [5.41, 5.74) is 4.74. The molecular formula is C19H19N3O3. The molecule has 6 heteroatoms. The van der Waals surface area contributed by atoms with E-state index in [1.54, 1.807) is 12.1 Å². The van der Waals surface area contributed by atoms with Crippen molar-refractivity contribution in [3.8, 4) is 11.5 Å². The van der Waals surface area contributed by atoms with E-state index < -0.39 is 0 Å². The van der Waals surface area contributed by atoms with Crippen LogP contribution in [0.4, 0.5) is 0 Å². The number of hydrogen-bond donors (Lipinski definition) is 2. The average Bonchev–Trinajstić information content (AvgIpc) is 2.95. The summed E-state index contributed by atoms with van der Waals surface area (Å²) in [7, 11) is 1.84. The zero-order valence-electron chi connectivity index (χ0n) is 14.1. The molecule has 0 spiro atoms. The Morgan fingerprint density at radius 2 is 2.08 bits per heavy atom. The highest BCUT2D eigenvalue weighted by atomic mass is 16.5. The largest absolute Gasteiger partial charge is 0.504 e. The number of para-hydroxylation sites is 1. The van der Waals surface area contributed by atoms with E-state index in [2.05, 4.69) is 10.5 Å². The second-order valence-corrected chi connectivity index (χ2v) is 5.51. The Hall–Kier alpha value is -3.28. The summed E-state index contributed by atoms with van der Waals surface area (Å²) in [5.74, 6) is 0.156. The number of hydrazone groups is 1. The SMILES string of the molecule is CCOc1cc(/C=N/NC(=O)c2cc3ccccc3n2C)ccc1O. The number of fused-ring (bicyclic) bond motifs is 1. The third kappa shape index (κ3) is 3.47. The first-order chi connectivity index (χ1) is 12.1. The number of ether oxygens (including phenoxy) is 1. The quantitative estimate of drug-likeness (QED) is 0.555. The first kappa shape index (κ1) is 16.6. The van der Waals surface area contributed by atoms with Gasteiger partial charge in [0.15, 0.2) is 11.5 Å². The van der Waals surface area contributed by atoms with Gasteiger partial charge in [0.1, 0.15) is 5.69 Å². The van der Waals surface area contributed by atoms with Gasteiger partial charge < -0.3 is 14.4 Å². The molecule has 0 unspecified atom stereocenters. The third-order valence-electron chi connectivity index (χ3n) is 3.85. The minimum Gasteiger partial charge on any atom is -0.504 e. The lowest BCUT2D eigenvalue weighted by molar-refractivity contribution is 0.0947. The monoisotopic (exact) mass is 337 g/mol. The Morgan fingerprint density at radius 3 is 2.84 bits per heavy atom. The fourth-order valence-corrected chi connectivity index (χ4v) is 2.61. The van der Waals surface area contributed by atoms with Crippen molar-refractivity contribution in [2.24, 2.45) is 12.1 Å². The molecule has 1 amide bonds. The number of phenols is 1. The molecular weight excluding hydrogens is 318 g/mol. The zero-order valence-corrected chi connectivity index (χ0v) is 14.1. The van der Waals surface area contributed by atoms with Gasteiger partial charge in [-0.3, -0.25) is 4.79 Å². The van der Waals surface area contributed by atoms with Crippen molar-refractivity contribution in [3.05, 3.63) is 59.8 Å². The number of aromatic nitrogens is 1. The molecule has 2 aromatic carbocycles. The van der Waals surface area contributed by atoms with Gasteiger partial charge in [0, 0.05) is 18.0 Å². The Bertz CT molecular complexity index is 944. The highest BCUT2D eigenvalue weighted by molar-refractivity contribution is 5.99. The third-order valence-corrected chi connectivity index (χ3v) is 3.85. The number of aromatic hydroxyl groups is 1. The lowest BCUT2D eigenvalue weighted by Crippen LogP contribution is -2.20. The maximum Gasteiger partial charge on any atom is 0.287 e. The molecule has 25 heavy (non-hydrogen) atoms. The summed E-state index contributed by atoms with van der Waals surface area (Å²) in [6.07, 6.45) is 1.50. The molecule has 0 bridgehead atoms. The summed E-state index contributed by atoms with van der Waals surface area (Å²) >= 11 is 0. The van der Waals surface area contributed by atoms with Crippen LogP contribution in [0.15, 0.2) is 53.6 Å². The summed E-state index contributed by atoms with van der Waals surface area (Å²) in [4.78, 5) is 12.3. The van der Waals surface area contributed by atoms with Crippen molar-refractivity contribution in [1.29, 1.82) is 0 Å². The molecule has 0 radical (unpaired) electrons. The van der Waals surface area contributed by atoms with E-state index in [-0.39, 0.29) is 11.7 Å². The van der Waals surface area contributed by atoms with E-state index in [1.807, 2.05) is 48.9 Å². The van der Waals surface area contributed by atoms with E-state index in [1.165, 1.54) is 12.3 Å². The number of amides is 1. The van der Waals surface area contributed by atoms with Crippen molar-refractivity contribution in [1.82, 2.24) is 9.99 Å². The second kappa shape index (κ2) is 7.09. The number of benzene rings is 2. The highest BCUT2D eigenvalue weighted by Crippen LogP contribution is 2.26. The number of carbonyl (C=O) groups excluding carboxylic acids is 1. The average molecular weight is 337 g/mol. The van der Waals surface area contributed by atoms with Crippen LogP contribution < -0.4 is 10.2 Å². The molecule has 3 rings (SSSR count). The van der Waals surface area contributed by atoms with Crippen LogP contribution in [0.5, 0.6) is 11.5 Å². The van der Waals surface area contributed by atoms with Gasteiger partial charge in [-0.05, 0) is 42.8 Å². The number of carbonyl (C=O) groups is 1. The molecule has 0 fully saturated rings. The lowest BCUT2D eigenvalue weighted by Gasteiger charge is -2.06.